The van der Waals surface area contributed by atoms with Crippen LogP contribution in [0.15, 0.2) is 22.2 Å². The van der Waals surface area contributed by atoms with Gasteiger partial charge in [0.25, 0.3) is 0 Å². The molecule has 4 atom stereocenters. The average Bonchev–Trinajstić information content (AvgIpc) is 2.87. The summed E-state index contributed by atoms with van der Waals surface area (Å²) in [5.41, 5.74) is 6.20. The fraction of sp³-hybridized carbons (Fsp3) is 0.643. The number of ether oxygens (including phenoxy) is 2. The molecule has 26 heavy (non-hydrogen) atoms. The molecule has 0 bridgehead atoms. The molecule has 12 nitrogen and oxygen atoms in total. The van der Waals surface area contributed by atoms with Crippen molar-refractivity contribution in [1.82, 2.24) is 9.55 Å². The summed E-state index contributed by atoms with van der Waals surface area (Å²) >= 11 is 0. The van der Waals surface area contributed by atoms with E-state index in [0.29, 0.717) is 0 Å². The molecule has 0 aliphatic carbocycles. The van der Waals surface area contributed by atoms with Crippen LogP contribution in [0, 0.1) is 0 Å². The van der Waals surface area contributed by atoms with E-state index in [1.807, 2.05) is 0 Å². The Morgan fingerprint density at radius 2 is 2.38 bits per heavy atom. The van der Waals surface area contributed by atoms with Gasteiger partial charge in [0, 0.05) is 31.7 Å². The molecule has 1 aliphatic heterocycles. The Hall–Kier alpha value is -2.50. The molecule has 1 amide bonds. The number of aliphatic hydroxyl groups is 2. The molecule has 142 valence electrons. The molecule has 0 saturated carbocycles. The highest BCUT2D eigenvalue weighted by atomic mass is 16.6. The second-order valence-corrected chi connectivity index (χ2v) is 5.76. The van der Waals surface area contributed by atoms with Gasteiger partial charge in [0.2, 0.25) is 5.91 Å². The smallest absolute Gasteiger partial charge is 0.351 e. The van der Waals surface area contributed by atoms with E-state index in [1.165, 1.54) is 26.3 Å². The number of carbonyl (C=O) groups is 1. The van der Waals surface area contributed by atoms with Crippen molar-refractivity contribution in [2.75, 3.05) is 25.6 Å². The summed E-state index contributed by atoms with van der Waals surface area (Å²) in [6.45, 7) is 0.688. The first kappa shape index (κ1) is 19.8. The second kappa shape index (κ2) is 8.25. The number of aliphatic hydroxyl groups excluding tert-OH is 2. The van der Waals surface area contributed by atoms with E-state index in [9.17, 15) is 19.8 Å². The van der Waals surface area contributed by atoms with Gasteiger partial charge in [0.15, 0.2) is 6.23 Å². The van der Waals surface area contributed by atoms with Gasteiger partial charge in [-0.25, -0.2) is 4.79 Å². The normalized spacial score (nSPS) is 27.8. The third-order valence-electron chi connectivity index (χ3n) is 4.13. The second-order valence-electron chi connectivity index (χ2n) is 5.76. The van der Waals surface area contributed by atoms with E-state index in [1.54, 1.807) is 0 Å². The Balaban J connectivity index is 2.34. The zero-order chi connectivity index (χ0) is 19.3. The molecule has 2 rings (SSSR count). The van der Waals surface area contributed by atoms with Crippen molar-refractivity contribution in [3.8, 4) is 0 Å². The maximum absolute atomic E-state index is 12.3. The summed E-state index contributed by atoms with van der Waals surface area (Å²) in [5.74, 6) is -0.308. The van der Waals surface area contributed by atoms with Gasteiger partial charge in [-0.05, 0) is 18.0 Å². The lowest BCUT2D eigenvalue weighted by molar-refractivity contribution is -0.132. The Kier molecular flexibility index (Phi) is 6.29. The van der Waals surface area contributed by atoms with Gasteiger partial charge in [-0.2, -0.15) is 4.98 Å². The molecule has 12 heteroatoms. The van der Waals surface area contributed by atoms with Crippen LogP contribution in [-0.4, -0.2) is 63.7 Å². The van der Waals surface area contributed by atoms with Crippen LogP contribution in [0.5, 0.6) is 0 Å². The Labute approximate surface area is 148 Å². The highest BCUT2D eigenvalue weighted by Gasteiger charge is 2.55. The van der Waals surface area contributed by atoms with Gasteiger partial charge in [-0.3, -0.25) is 9.36 Å². The molecule has 2 heterocycles. The number of azide groups is 1. The third-order valence-corrected chi connectivity index (χ3v) is 4.13. The molecule has 2 unspecified atom stereocenters. The summed E-state index contributed by atoms with van der Waals surface area (Å²) in [7, 11) is 1.33. The van der Waals surface area contributed by atoms with Gasteiger partial charge < -0.3 is 25.0 Å². The topological polar surface area (TPSA) is 172 Å². The molecule has 1 aliphatic rings. The van der Waals surface area contributed by atoms with Crippen LogP contribution < -0.4 is 11.0 Å². The number of carbonyl (C=O) groups excluding carboxylic acids is 1. The molecule has 1 aromatic heterocycles. The van der Waals surface area contributed by atoms with E-state index in [-0.39, 0.29) is 24.7 Å². The summed E-state index contributed by atoms with van der Waals surface area (Å²) in [6.07, 6.45) is -1.96. The monoisotopic (exact) mass is 368 g/mol. The van der Waals surface area contributed by atoms with E-state index >= 15 is 0 Å². The highest BCUT2D eigenvalue weighted by molar-refractivity contribution is 5.87. The molecule has 1 saturated heterocycles. The van der Waals surface area contributed by atoms with Gasteiger partial charge in [0.05, 0.1) is 6.61 Å². The van der Waals surface area contributed by atoms with Gasteiger partial charge >= 0.3 is 5.69 Å². The van der Waals surface area contributed by atoms with Crippen molar-refractivity contribution in [3.05, 3.63) is 33.2 Å². The SMILES string of the molecule is COC1C(O)[C@](CO)(CCN=[N+]=[N-])O[C@H]1n1ccc(NC(C)=O)nc1=O. The van der Waals surface area contributed by atoms with Crippen LogP contribution >= 0.6 is 0 Å². The van der Waals surface area contributed by atoms with Crippen molar-refractivity contribution in [2.45, 2.75) is 37.4 Å². The first-order chi connectivity index (χ1) is 12.4. The zero-order valence-corrected chi connectivity index (χ0v) is 14.3. The number of anilines is 1. The Bertz CT molecular complexity index is 763. The molecule has 1 fully saturated rings. The molecule has 3 N–H and O–H groups in total. The number of nitrogens with one attached hydrogen (secondary N) is 1. The molecule has 0 radical (unpaired) electrons. The van der Waals surface area contributed by atoms with Crippen LogP contribution in [-0.2, 0) is 14.3 Å². The number of hydrogen-bond donors (Lipinski definition) is 3. The van der Waals surface area contributed by atoms with Crippen molar-refractivity contribution in [1.29, 1.82) is 0 Å². The van der Waals surface area contributed by atoms with Gasteiger partial charge in [0.1, 0.15) is 23.6 Å². The van der Waals surface area contributed by atoms with E-state index in [0.717, 1.165) is 4.57 Å². The number of nitrogens with zero attached hydrogens (tertiary/aromatic N) is 5. The van der Waals surface area contributed by atoms with Crippen LogP contribution in [0.4, 0.5) is 5.82 Å². The van der Waals surface area contributed by atoms with Crippen molar-refractivity contribution in [3.63, 3.8) is 0 Å². The van der Waals surface area contributed by atoms with Crippen LogP contribution in [0.2, 0.25) is 0 Å². The quantitative estimate of drug-likeness (QED) is 0.332. The zero-order valence-electron chi connectivity index (χ0n) is 14.3. The third kappa shape index (κ3) is 3.84. The first-order valence-corrected chi connectivity index (χ1v) is 7.75. The number of amides is 1. The molecular weight excluding hydrogens is 348 g/mol. The minimum absolute atomic E-state index is 0.0219. The first-order valence-electron chi connectivity index (χ1n) is 7.75. The van der Waals surface area contributed by atoms with E-state index in [4.69, 9.17) is 15.0 Å². The lowest BCUT2D eigenvalue weighted by atomic mass is 9.92. The average molecular weight is 368 g/mol. The fourth-order valence-electron chi connectivity index (χ4n) is 2.85. The van der Waals surface area contributed by atoms with Crippen LogP contribution in [0.1, 0.15) is 19.6 Å². The van der Waals surface area contributed by atoms with Crippen molar-refractivity contribution in [2.24, 2.45) is 5.11 Å². The van der Waals surface area contributed by atoms with Crippen molar-refractivity contribution < 1.29 is 24.5 Å². The number of methoxy groups -OCH3 is 1. The molecular formula is C14H20N6O6. The number of hydrogen-bond acceptors (Lipinski definition) is 8. The highest BCUT2D eigenvalue weighted by Crippen LogP contribution is 2.40. The lowest BCUT2D eigenvalue weighted by Gasteiger charge is -2.29. The maximum Gasteiger partial charge on any atom is 0.351 e. The van der Waals surface area contributed by atoms with Crippen molar-refractivity contribution >= 4 is 11.7 Å². The summed E-state index contributed by atoms with van der Waals surface area (Å²) in [6, 6.07) is 1.39. The van der Waals surface area contributed by atoms with Gasteiger partial charge in [-0.15, -0.1) is 0 Å². The number of rotatable bonds is 7. The number of aromatic nitrogens is 2. The standard InChI is InChI=1S/C14H20N6O6/c1-8(22)17-9-3-6-20(13(24)18-9)12-10(25-2)11(23)14(7-21,26-12)4-5-16-19-15/h3,6,10-12,21,23H,4-5,7H2,1-2H3,(H,17,18,22,24)/t10?,11?,12-,14-/m1/s1. The lowest BCUT2D eigenvalue weighted by Crippen LogP contribution is -2.47. The van der Waals surface area contributed by atoms with Crippen LogP contribution in [0.3, 0.4) is 0 Å². The predicted octanol–water partition coefficient (Wildman–Crippen LogP) is -0.462. The predicted molar refractivity (Wildman–Crippen MR) is 88.2 cm³/mol. The largest absolute Gasteiger partial charge is 0.393 e. The van der Waals surface area contributed by atoms with E-state index in [2.05, 4.69) is 20.3 Å². The minimum Gasteiger partial charge on any atom is -0.393 e. The Morgan fingerprint density at radius 1 is 1.65 bits per heavy atom. The molecule has 1 aromatic rings. The van der Waals surface area contributed by atoms with Gasteiger partial charge in [-0.1, -0.05) is 5.11 Å². The van der Waals surface area contributed by atoms with Crippen LogP contribution in [0.25, 0.3) is 10.4 Å². The maximum atomic E-state index is 12.3. The minimum atomic E-state index is -1.46. The summed E-state index contributed by atoms with van der Waals surface area (Å²) < 4.78 is 12.1. The Morgan fingerprint density at radius 3 is 2.92 bits per heavy atom. The fourth-order valence-corrected chi connectivity index (χ4v) is 2.85. The molecule has 0 aromatic carbocycles. The molecule has 0 spiro atoms. The summed E-state index contributed by atoms with van der Waals surface area (Å²) in [5, 5.41) is 26.1. The summed E-state index contributed by atoms with van der Waals surface area (Å²) in [4.78, 5) is 29.7. The van der Waals surface area contributed by atoms with E-state index < -0.39 is 36.3 Å².